The van der Waals surface area contributed by atoms with Gasteiger partial charge in [-0.2, -0.15) is 0 Å². The fraction of sp³-hybridized carbons (Fsp3) is 0.650. The Hall–Kier alpha value is -2.55. The summed E-state index contributed by atoms with van der Waals surface area (Å²) in [7, 11) is 0. The first-order chi connectivity index (χ1) is 14.2. The maximum Gasteiger partial charge on any atom is 0.254 e. The van der Waals surface area contributed by atoms with Gasteiger partial charge < -0.3 is 10.2 Å². The number of carbonyl (C=O) groups excluding carboxylic acids is 2. The number of hydrogen-bond acceptors (Lipinski definition) is 6. The molecule has 9 heteroatoms. The lowest BCUT2D eigenvalue weighted by Crippen LogP contribution is -2.51. The minimum atomic E-state index is 0.0364. The number of fused-ring (bicyclic) bond motifs is 1. The highest BCUT2D eigenvalue weighted by Gasteiger charge is 2.34. The number of nitrogens with one attached hydrogen (secondary N) is 1. The van der Waals surface area contributed by atoms with Gasteiger partial charge in [0.1, 0.15) is 0 Å². The maximum atomic E-state index is 12.9. The molecular formula is C20H27N7O2. The van der Waals surface area contributed by atoms with Crippen molar-refractivity contribution in [3.63, 3.8) is 0 Å². The predicted molar refractivity (Wildman–Crippen MR) is 105 cm³/mol. The van der Waals surface area contributed by atoms with Crippen LogP contribution in [0, 0.1) is 5.92 Å². The van der Waals surface area contributed by atoms with Crippen LogP contribution in [-0.2, 0) is 4.79 Å². The SMILES string of the molecule is O=C(NC1CC1)[C@@H]1CCCN(C2CCN(C(=O)c3ccn4nnnc4c3)CC2)C1. The molecule has 0 unspecified atom stereocenters. The number of likely N-dealkylation sites (tertiary alicyclic amines) is 2. The summed E-state index contributed by atoms with van der Waals surface area (Å²) in [5.41, 5.74) is 1.20. The Labute approximate surface area is 169 Å². The zero-order chi connectivity index (χ0) is 19.8. The fourth-order valence-electron chi connectivity index (χ4n) is 4.59. The standard InChI is InChI=1S/C20H27N7O2/c28-19(21-16-3-4-16)15-2-1-8-26(13-15)17-6-9-25(10-7-17)20(29)14-5-11-27-18(12-14)22-23-24-27/h5,11-12,15-17H,1-4,6-10,13H2,(H,21,28)/t15-/m1/s1. The third-order valence-electron chi connectivity index (χ3n) is 6.46. The number of rotatable bonds is 4. The van der Waals surface area contributed by atoms with E-state index >= 15 is 0 Å². The summed E-state index contributed by atoms with van der Waals surface area (Å²) in [4.78, 5) is 29.7. The lowest BCUT2D eigenvalue weighted by atomic mass is 9.93. The van der Waals surface area contributed by atoms with E-state index in [9.17, 15) is 9.59 Å². The van der Waals surface area contributed by atoms with E-state index in [1.807, 2.05) is 4.90 Å². The van der Waals surface area contributed by atoms with Gasteiger partial charge in [-0.25, -0.2) is 4.52 Å². The van der Waals surface area contributed by atoms with Crippen LogP contribution in [0.2, 0.25) is 0 Å². The van der Waals surface area contributed by atoms with Crippen molar-refractivity contribution in [2.45, 2.75) is 50.6 Å². The summed E-state index contributed by atoms with van der Waals surface area (Å²) in [6, 6.07) is 4.40. The molecule has 154 valence electrons. The van der Waals surface area contributed by atoms with E-state index in [1.54, 1.807) is 22.8 Å². The Morgan fingerprint density at radius 1 is 1.07 bits per heavy atom. The summed E-state index contributed by atoms with van der Waals surface area (Å²) < 4.78 is 1.55. The fourth-order valence-corrected chi connectivity index (χ4v) is 4.59. The third kappa shape index (κ3) is 3.96. The molecule has 2 saturated heterocycles. The molecule has 0 spiro atoms. The zero-order valence-corrected chi connectivity index (χ0v) is 16.5. The second kappa shape index (κ2) is 7.70. The maximum absolute atomic E-state index is 12.9. The first-order valence-electron chi connectivity index (χ1n) is 10.7. The molecular weight excluding hydrogens is 370 g/mol. The van der Waals surface area contributed by atoms with Crippen LogP contribution in [0.15, 0.2) is 18.3 Å². The molecule has 0 radical (unpaired) electrons. The molecule has 2 amide bonds. The summed E-state index contributed by atoms with van der Waals surface area (Å²) in [5.74, 6) is 0.393. The van der Waals surface area contributed by atoms with Crippen LogP contribution in [0.25, 0.3) is 5.65 Å². The van der Waals surface area contributed by atoms with Crippen molar-refractivity contribution >= 4 is 17.5 Å². The summed E-state index contributed by atoms with van der Waals surface area (Å²) in [5, 5.41) is 14.5. The number of tetrazole rings is 1. The van der Waals surface area contributed by atoms with E-state index < -0.39 is 0 Å². The van der Waals surface area contributed by atoms with Gasteiger partial charge >= 0.3 is 0 Å². The second-order valence-corrected chi connectivity index (χ2v) is 8.54. The molecule has 1 saturated carbocycles. The zero-order valence-electron chi connectivity index (χ0n) is 16.5. The number of carbonyl (C=O) groups is 2. The van der Waals surface area contributed by atoms with E-state index in [1.165, 1.54) is 0 Å². The number of aromatic nitrogens is 4. The van der Waals surface area contributed by atoms with Crippen molar-refractivity contribution in [2.24, 2.45) is 5.92 Å². The lowest BCUT2D eigenvalue weighted by Gasteiger charge is -2.42. The monoisotopic (exact) mass is 397 g/mol. The van der Waals surface area contributed by atoms with E-state index in [0.717, 1.165) is 64.7 Å². The van der Waals surface area contributed by atoms with Gasteiger partial charge in [0.25, 0.3) is 5.91 Å². The normalized spacial score (nSPS) is 24.0. The molecule has 3 aliphatic rings. The van der Waals surface area contributed by atoms with Crippen LogP contribution in [0.4, 0.5) is 0 Å². The Balaban J connectivity index is 1.16. The highest BCUT2D eigenvalue weighted by Crippen LogP contribution is 2.26. The first kappa shape index (κ1) is 18.5. The Morgan fingerprint density at radius 3 is 2.69 bits per heavy atom. The number of nitrogens with zero attached hydrogens (tertiary/aromatic N) is 6. The number of amides is 2. The van der Waals surface area contributed by atoms with Crippen molar-refractivity contribution < 1.29 is 9.59 Å². The van der Waals surface area contributed by atoms with E-state index in [4.69, 9.17) is 0 Å². The smallest absolute Gasteiger partial charge is 0.254 e. The summed E-state index contributed by atoms with van der Waals surface area (Å²) in [6.07, 6.45) is 7.97. The molecule has 29 heavy (non-hydrogen) atoms. The van der Waals surface area contributed by atoms with E-state index in [2.05, 4.69) is 25.7 Å². The highest BCUT2D eigenvalue weighted by atomic mass is 16.2. The van der Waals surface area contributed by atoms with Crippen molar-refractivity contribution in [1.82, 2.24) is 35.2 Å². The molecule has 4 heterocycles. The Morgan fingerprint density at radius 2 is 1.90 bits per heavy atom. The topological polar surface area (TPSA) is 95.7 Å². The molecule has 3 fully saturated rings. The molecule has 1 atom stereocenters. The van der Waals surface area contributed by atoms with Gasteiger partial charge in [0.05, 0.1) is 5.92 Å². The molecule has 1 N–H and O–H groups in total. The lowest BCUT2D eigenvalue weighted by molar-refractivity contribution is -0.127. The van der Waals surface area contributed by atoms with Crippen LogP contribution in [0.3, 0.4) is 0 Å². The molecule has 9 nitrogen and oxygen atoms in total. The third-order valence-corrected chi connectivity index (χ3v) is 6.46. The van der Waals surface area contributed by atoms with Crippen LogP contribution in [-0.4, -0.2) is 79.9 Å². The Bertz CT molecular complexity index is 901. The Kier molecular flexibility index (Phi) is 4.91. The molecule has 2 aliphatic heterocycles. The molecule has 2 aromatic rings. The molecule has 0 aromatic carbocycles. The molecule has 1 aliphatic carbocycles. The number of hydrogen-bond donors (Lipinski definition) is 1. The average molecular weight is 397 g/mol. The van der Waals surface area contributed by atoms with Gasteiger partial charge in [-0.1, -0.05) is 0 Å². The molecule has 0 bridgehead atoms. The van der Waals surface area contributed by atoms with Crippen molar-refractivity contribution in [2.75, 3.05) is 26.2 Å². The molecule has 5 rings (SSSR count). The minimum Gasteiger partial charge on any atom is -0.353 e. The summed E-state index contributed by atoms with van der Waals surface area (Å²) >= 11 is 0. The largest absolute Gasteiger partial charge is 0.353 e. The first-order valence-corrected chi connectivity index (χ1v) is 10.7. The number of piperidine rings is 2. The van der Waals surface area contributed by atoms with Crippen LogP contribution >= 0.6 is 0 Å². The number of pyridine rings is 1. The quantitative estimate of drug-likeness (QED) is 0.817. The van der Waals surface area contributed by atoms with Crippen molar-refractivity contribution in [3.8, 4) is 0 Å². The van der Waals surface area contributed by atoms with Crippen molar-refractivity contribution in [1.29, 1.82) is 0 Å². The second-order valence-electron chi connectivity index (χ2n) is 8.54. The van der Waals surface area contributed by atoms with E-state index in [-0.39, 0.29) is 17.7 Å². The van der Waals surface area contributed by atoms with Gasteiger partial charge in [-0.05, 0) is 67.6 Å². The predicted octanol–water partition coefficient (Wildman–Crippen LogP) is 0.720. The van der Waals surface area contributed by atoms with Gasteiger partial charge in [-0.3, -0.25) is 14.5 Å². The highest BCUT2D eigenvalue weighted by molar-refractivity contribution is 5.95. The average Bonchev–Trinajstić information content (AvgIpc) is 3.46. The van der Waals surface area contributed by atoms with Crippen LogP contribution < -0.4 is 5.32 Å². The van der Waals surface area contributed by atoms with Crippen molar-refractivity contribution in [3.05, 3.63) is 23.9 Å². The summed E-state index contributed by atoms with van der Waals surface area (Å²) in [6.45, 7) is 3.40. The van der Waals surface area contributed by atoms with Crippen LogP contribution in [0.5, 0.6) is 0 Å². The van der Waals surface area contributed by atoms with Gasteiger partial charge in [-0.15, -0.1) is 5.10 Å². The van der Waals surface area contributed by atoms with Gasteiger partial charge in [0.15, 0.2) is 5.65 Å². The molecule has 2 aromatic heterocycles. The van der Waals surface area contributed by atoms with Gasteiger partial charge in [0.2, 0.25) is 5.91 Å². The van der Waals surface area contributed by atoms with Gasteiger partial charge in [0, 0.05) is 43.5 Å². The minimum absolute atomic E-state index is 0.0364. The van der Waals surface area contributed by atoms with E-state index in [0.29, 0.717) is 23.3 Å². The van der Waals surface area contributed by atoms with Crippen LogP contribution in [0.1, 0.15) is 48.9 Å².